The molecule has 0 fully saturated rings. The van der Waals surface area contributed by atoms with Crippen LogP contribution in [0.4, 0.5) is 5.69 Å². The molecule has 0 spiro atoms. The number of anilines is 1. The van der Waals surface area contributed by atoms with E-state index in [0.29, 0.717) is 32.8 Å². The van der Waals surface area contributed by atoms with E-state index >= 15 is 0 Å². The Balaban J connectivity index is 1.85. The molecule has 1 heterocycles. The van der Waals surface area contributed by atoms with Gasteiger partial charge in [0.1, 0.15) is 11.5 Å². The van der Waals surface area contributed by atoms with Gasteiger partial charge >= 0.3 is 0 Å². The summed E-state index contributed by atoms with van der Waals surface area (Å²) >= 11 is 12.4. The Hall–Kier alpha value is -2.88. The number of aliphatic imine (C=N–C) groups is 1. The summed E-state index contributed by atoms with van der Waals surface area (Å²) < 4.78 is 0. The number of rotatable bonds is 3. The first-order valence-corrected chi connectivity index (χ1v) is 9.09. The second kappa shape index (κ2) is 7.39. The lowest BCUT2D eigenvalue weighted by Crippen LogP contribution is -2.32. The first kappa shape index (κ1) is 17.5. The van der Waals surface area contributed by atoms with E-state index < -0.39 is 0 Å². The second-order valence-corrected chi connectivity index (χ2v) is 6.82. The summed E-state index contributed by atoms with van der Waals surface area (Å²) in [5.41, 5.74) is 2.63. The SMILES string of the molecule is O=C1/C(=C\c2ccccc2)N=C(c2ccccc2Cl)N1c1ccc(Cl)cc1. The van der Waals surface area contributed by atoms with Crippen LogP contribution in [0.3, 0.4) is 0 Å². The van der Waals surface area contributed by atoms with Gasteiger partial charge in [-0.1, -0.05) is 65.7 Å². The molecule has 4 rings (SSSR count). The summed E-state index contributed by atoms with van der Waals surface area (Å²) in [6, 6.07) is 24.0. The fraction of sp³-hybridized carbons (Fsp3) is 0. The molecule has 0 saturated carbocycles. The summed E-state index contributed by atoms with van der Waals surface area (Å²) in [6.45, 7) is 0. The van der Waals surface area contributed by atoms with Crippen LogP contribution in [0.1, 0.15) is 11.1 Å². The van der Waals surface area contributed by atoms with Crippen LogP contribution in [0.15, 0.2) is 89.6 Å². The van der Waals surface area contributed by atoms with Crippen molar-refractivity contribution in [2.75, 3.05) is 4.90 Å². The number of carbonyl (C=O) groups is 1. The molecular formula is C22H14Cl2N2O. The molecule has 0 N–H and O–H groups in total. The third-order valence-corrected chi connectivity index (χ3v) is 4.74. The molecule has 0 aliphatic carbocycles. The molecule has 0 radical (unpaired) electrons. The van der Waals surface area contributed by atoms with Crippen molar-refractivity contribution in [1.82, 2.24) is 0 Å². The molecule has 0 saturated heterocycles. The minimum absolute atomic E-state index is 0.212. The lowest BCUT2D eigenvalue weighted by atomic mass is 10.1. The summed E-state index contributed by atoms with van der Waals surface area (Å²) in [4.78, 5) is 19.3. The van der Waals surface area contributed by atoms with Crippen molar-refractivity contribution in [3.05, 3.63) is 106 Å². The number of benzene rings is 3. The average molecular weight is 393 g/mol. The number of halogens is 2. The maximum absolute atomic E-state index is 13.2. The van der Waals surface area contributed by atoms with Gasteiger partial charge in [0.25, 0.3) is 5.91 Å². The van der Waals surface area contributed by atoms with E-state index in [0.717, 1.165) is 5.56 Å². The Labute approximate surface area is 167 Å². The molecule has 5 heteroatoms. The fourth-order valence-electron chi connectivity index (χ4n) is 2.88. The van der Waals surface area contributed by atoms with Gasteiger partial charge in [-0.15, -0.1) is 0 Å². The molecular weight excluding hydrogens is 379 g/mol. The molecule has 3 nitrogen and oxygen atoms in total. The van der Waals surface area contributed by atoms with E-state index in [1.54, 1.807) is 41.3 Å². The van der Waals surface area contributed by atoms with E-state index in [1.165, 1.54) is 0 Å². The van der Waals surface area contributed by atoms with Crippen LogP contribution in [0.25, 0.3) is 6.08 Å². The monoisotopic (exact) mass is 392 g/mol. The summed E-state index contributed by atoms with van der Waals surface area (Å²) in [7, 11) is 0. The van der Waals surface area contributed by atoms with Crippen molar-refractivity contribution < 1.29 is 4.79 Å². The van der Waals surface area contributed by atoms with Gasteiger partial charge in [-0.3, -0.25) is 9.69 Å². The number of hydrogen-bond acceptors (Lipinski definition) is 2. The van der Waals surface area contributed by atoms with Gasteiger partial charge in [0.15, 0.2) is 0 Å². The van der Waals surface area contributed by atoms with Gasteiger partial charge in [0, 0.05) is 10.6 Å². The number of carbonyl (C=O) groups excluding carboxylic acids is 1. The van der Waals surface area contributed by atoms with E-state index in [-0.39, 0.29) is 5.91 Å². The Morgan fingerprint density at radius 2 is 1.48 bits per heavy atom. The lowest BCUT2D eigenvalue weighted by molar-refractivity contribution is -0.113. The van der Waals surface area contributed by atoms with Gasteiger partial charge in [0.2, 0.25) is 0 Å². The van der Waals surface area contributed by atoms with Crippen LogP contribution in [-0.4, -0.2) is 11.7 Å². The highest BCUT2D eigenvalue weighted by atomic mass is 35.5. The largest absolute Gasteiger partial charge is 0.282 e. The molecule has 0 bridgehead atoms. The van der Waals surface area contributed by atoms with Crippen molar-refractivity contribution in [2.24, 2.45) is 4.99 Å². The predicted octanol–water partition coefficient (Wildman–Crippen LogP) is 5.83. The van der Waals surface area contributed by atoms with E-state index in [1.807, 2.05) is 48.5 Å². The summed E-state index contributed by atoms with van der Waals surface area (Å²) in [5, 5.41) is 1.13. The molecule has 27 heavy (non-hydrogen) atoms. The molecule has 0 aromatic heterocycles. The molecule has 1 amide bonds. The standard InChI is InChI=1S/C22H14Cl2N2O/c23-16-10-12-17(13-11-16)26-21(18-8-4-5-9-19(18)24)25-20(22(26)27)14-15-6-2-1-3-7-15/h1-14H/b20-14+. The minimum atomic E-state index is -0.212. The van der Waals surface area contributed by atoms with E-state index in [2.05, 4.69) is 4.99 Å². The van der Waals surface area contributed by atoms with Gasteiger partial charge in [-0.25, -0.2) is 4.99 Å². The zero-order valence-electron chi connectivity index (χ0n) is 14.1. The highest BCUT2D eigenvalue weighted by molar-refractivity contribution is 6.39. The Morgan fingerprint density at radius 3 is 2.19 bits per heavy atom. The van der Waals surface area contributed by atoms with Crippen LogP contribution in [0.5, 0.6) is 0 Å². The topological polar surface area (TPSA) is 32.7 Å². The van der Waals surface area contributed by atoms with Crippen molar-refractivity contribution in [1.29, 1.82) is 0 Å². The highest BCUT2D eigenvalue weighted by Gasteiger charge is 2.33. The first-order valence-electron chi connectivity index (χ1n) is 8.34. The van der Waals surface area contributed by atoms with Gasteiger partial charge < -0.3 is 0 Å². The summed E-state index contributed by atoms with van der Waals surface area (Å²) in [6.07, 6.45) is 1.77. The van der Waals surface area contributed by atoms with Crippen LogP contribution >= 0.6 is 23.2 Å². The van der Waals surface area contributed by atoms with Gasteiger partial charge in [-0.05, 0) is 48.0 Å². The molecule has 3 aromatic rings. The molecule has 132 valence electrons. The maximum atomic E-state index is 13.2. The Bertz CT molecular complexity index is 1060. The van der Waals surface area contributed by atoms with Gasteiger partial charge in [0.05, 0.1) is 10.7 Å². The molecule has 1 aliphatic rings. The zero-order valence-corrected chi connectivity index (χ0v) is 15.7. The number of hydrogen-bond donors (Lipinski definition) is 0. The second-order valence-electron chi connectivity index (χ2n) is 5.97. The first-order chi connectivity index (χ1) is 13.1. The van der Waals surface area contributed by atoms with Crippen LogP contribution in [-0.2, 0) is 4.79 Å². The maximum Gasteiger partial charge on any atom is 0.282 e. The lowest BCUT2D eigenvalue weighted by Gasteiger charge is -2.19. The van der Waals surface area contributed by atoms with Crippen molar-refractivity contribution in [2.45, 2.75) is 0 Å². The third kappa shape index (κ3) is 3.52. The van der Waals surface area contributed by atoms with Gasteiger partial charge in [-0.2, -0.15) is 0 Å². The molecule has 3 aromatic carbocycles. The number of amides is 1. The van der Waals surface area contributed by atoms with Crippen molar-refractivity contribution in [3.8, 4) is 0 Å². The highest BCUT2D eigenvalue weighted by Crippen LogP contribution is 2.30. The Kier molecular flexibility index (Phi) is 4.80. The van der Waals surface area contributed by atoms with Crippen LogP contribution in [0.2, 0.25) is 10.0 Å². The van der Waals surface area contributed by atoms with Crippen LogP contribution in [0, 0.1) is 0 Å². The molecule has 0 unspecified atom stereocenters. The average Bonchev–Trinajstić information content (AvgIpc) is 3.00. The predicted molar refractivity (Wildman–Crippen MR) is 111 cm³/mol. The minimum Gasteiger partial charge on any atom is -0.266 e. The number of amidine groups is 1. The van der Waals surface area contributed by atoms with E-state index in [4.69, 9.17) is 23.2 Å². The Morgan fingerprint density at radius 1 is 0.815 bits per heavy atom. The van der Waals surface area contributed by atoms with Crippen LogP contribution < -0.4 is 4.90 Å². The van der Waals surface area contributed by atoms with E-state index in [9.17, 15) is 4.79 Å². The normalized spacial score (nSPS) is 15.3. The number of nitrogens with zero attached hydrogens (tertiary/aromatic N) is 2. The van der Waals surface area contributed by atoms with Crippen molar-refractivity contribution in [3.63, 3.8) is 0 Å². The molecule has 0 atom stereocenters. The third-order valence-electron chi connectivity index (χ3n) is 4.16. The zero-order chi connectivity index (χ0) is 18.8. The quantitative estimate of drug-likeness (QED) is 0.516. The fourth-order valence-corrected chi connectivity index (χ4v) is 3.22. The van der Waals surface area contributed by atoms with Crippen molar-refractivity contribution >= 4 is 46.7 Å². The smallest absolute Gasteiger partial charge is 0.266 e. The molecule has 1 aliphatic heterocycles. The summed E-state index contributed by atoms with van der Waals surface area (Å²) in [5.74, 6) is 0.284.